The van der Waals surface area contributed by atoms with Gasteiger partial charge in [0.1, 0.15) is 10.6 Å². The van der Waals surface area contributed by atoms with Crippen LogP contribution in [0.4, 0.5) is 0 Å². The van der Waals surface area contributed by atoms with E-state index in [2.05, 4.69) is 0 Å². The average Bonchev–Trinajstić information content (AvgIpc) is 2.77. The Kier molecular flexibility index (Phi) is 9.89. The third kappa shape index (κ3) is 8.69. The molecule has 0 bridgehead atoms. The van der Waals surface area contributed by atoms with Crippen molar-refractivity contribution in [1.29, 1.82) is 0 Å². The topological polar surface area (TPSA) is 90.0 Å². The van der Waals surface area contributed by atoms with E-state index in [0.29, 0.717) is 19.4 Å². The molecule has 192 valence electrons. The fraction of sp³-hybridized carbons (Fsp3) is 0.481. The van der Waals surface area contributed by atoms with E-state index in [0.717, 1.165) is 12.0 Å². The van der Waals surface area contributed by atoms with Gasteiger partial charge < -0.3 is 13.8 Å². The summed E-state index contributed by atoms with van der Waals surface area (Å²) in [6.07, 6.45) is 1.98. The highest BCUT2D eigenvalue weighted by Gasteiger charge is 2.26. The van der Waals surface area contributed by atoms with Gasteiger partial charge in [0.05, 0.1) is 12.2 Å². The molecule has 2 aromatic carbocycles. The first-order chi connectivity index (χ1) is 16.3. The Morgan fingerprint density at radius 1 is 1.00 bits per heavy atom. The Morgan fingerprint density at radius 2 is 1.63 bits per heavy atom. The fourth-order valence-electron chi connectivity index (χ4n) is 3.37. The summed E-state index contributed by atoms with van der Waals surface area (Å²) in [5.41, 5.74) is 0.672. The van der Waals surface area contributed by atoms with Crippen LogP contribution < -0.4 is 4.18 Å². The maximum Gasteiger partial charge on any atom is 0.340 e. The molecule has 0 fully saturated rings. The highest BCUT2D eigenvalue weighted by Crippen LogP contribution is 2.25. The lowest BCUT2D eigenvalue weighted by molar-refractivity contribution is -0.135. The molecule has 2 rings (SSSR count). The van der Waals surface area contributed by atoms with Crippen molar-refractivity contribution in [3.05, 3.63) is 59.7 Å². The van der Waals surface area contributed by atoms with Gasteiger partial charge >= 0.3 is 16.1 Å². The summed E-state index contributed by atoms with van der Waals surface area (Å²) >= 11 is 0. The lowest BCUT2D eigenvalue weighted by Gasteiger charge is -2.30. The summed E-state index contributed by atoms with van der Waals surface area (Å²) in [4.78, 5) is 26.7. The molecular formula is C27H37NO6S. The Balaban J connectivity index is 2.16. The number of esters is 1. The van der Waals surface area contributed by atoms with Crippen LogP contribution in [0, 0.1) is 5.41 Å². The second-order valence-electron chi connectivity index (χ2n) is 10.0. The highest BCUT2D eigenvalue weighted by molar-refractivity contribution is 7.87. The van der Waals surface area contributed by atoms with Gasteiger partial charge in [-0.3, -0.25) is 4.79 Å². The number of benzene rings is 2. The Labute approximate surface area is 209 Å². The molecule has 0 radical (unpaired) electrons. The molecule has 8 heteroatoms. The van der Waals surface area contributed by atoms with E-state index in [1.54, 1.807) is 35.2 Å². The number of carbonyl (C=O) groups is 2. The van der Waals surface area contributed by atoms with Crippen molar-refractivity contribution in [2.24, 2.45) is 5.41 Å². The van der Waals surface area contributed by atoms with Gasteiger partial charge in [0.25, 0.3) is 0 Å². The quantitative estimate of drug-likeness (QED) is 0.226. The van der Waals surface area contributed by atoms with Crippen molar-refractivity contribution in [2.75, 3.05) is 6.61 Å². The first-order valence-electron chi connectivity index (χ1n) is 11.9. The summed E-state index contributed by atoms with van der Waals surface area (Å²) < 4.78 is 36.4. The molecule has 35 heavy (non-hydrogen) atoms. The van der Waals surface area contributed by atoms with Crippen LogP contribution in [0.15, 0.2) is 53.4 Å². The predicted molar refractivity (Wildman–Crippen MR) is 136 cm³/mol. The summed E-state index contributed by atoms with van der Waals surface area (Å²) in [6.45, 7) is 12.6. The van der Waals surface area contributed by atoms with Crippen molar-refractivity contribution in [2.45, 2.75) is 78.3 Å². The zero-order chi connectivity index (χ0) is 26.2. The van der Waals surface area contributed by atoms with Crippen LogP contribution in [0.3, 0.4) is 0 Å². The van der Waals surface area contributed by atoms with E-state index < -0.39 is 16.1 Å². The van der Waals surface area contributed by atoms with Gasteiger partial charge in [0, 0.05) is 19.0 Å². The summed E-state index contributed by atoms with van der Waals surface area (Å²) in [7, 11) is -4.27. The van der Waals surface area contributed by atoms with Crippen molar-refractivity contribution >= 4 is 22.0 Å². The standard InChI is InChI=1S/C27H37NO6S/c1-7-8-17-33-26(30)23-11-9-10-12-24(23)35(31,32)34-22-15-13-21(14-16-22)19-28(20(2)3)25(29)18-27(4,5)6/h9-16,20H,7-8,17-19H2,1-6H3. The summed E-state index contributed by atoms with van der Waals surface area (Å²) in [6, 6.07) is 12.4. The van der Waals surface area contributed by atoms with Crippen LogP contribution in [0.2, 0.25) is 0 Å². The number of rotatable bonds is 11. The molecule has 0 heterocycles. The number of ether oxygens (including phenoxy) is 1. The van der Waals surface area contributed by atoms with Gasteiger partial charge in [-0.2, -0.15) is 8.42 Å². The molecule has 0 aliphatic rings. The monoisotopic (exact) mass is 503 g/mol. The largest absolute Gasteiger partial charge is 0.462 e. The molecular weight excluding hydrogens is 466 g/mol. The van der Waals surface area contributed by atoms with Crippen LogP contribution in [0.1, 0.15) is 76.7 Å². The second-order valence-corrected chi connectivity index (χ2v) is 11.5. The van der Waals surface area contributed by atoms with Gasteiger partial charge in [0.15, 0.2) is 0 Å². The van der Waals surface area contributed by atoms with E-state index in [4.69, 9.17) is 8.92 Å². The maximum absolute atomic E-state index is 12.9. The molecule has 7 nitrogen and oxygen atoms in total. The Hall–Kier alpha value is -2.87. The predicted octanol–water partition coefficient (Wildman–Crippen LogP) is 5.58. The second kappa shape index (κ2) is 12.2. The van der Waals surface area contributed by atoms with E-state index >= 15 is 0 Å². The van der Waals surface area contributed by atoms with Crippen molar-refractivity contribution in [3.8, 4) is 5.75 Å². The number of carbonyl (C=O) groups excluding carboxylic acids is 2. The molecule has 0 spiro atoms. The lowest BCUT2D eigenvalue weighted by Crippen LogP contribution is -2.38. The van der Waals surface area contributed by atoms with E-state index in [-0.39, 0.29) is 40.2 Å². The number of hydrogen-bond acceptors (Lipinski definition) is 6. The Bertz CT molecular complexity index is 1100. The van der Waals surface area contributed by atoms with Crippen LogP contribution in [-0.2, 0) is 26.2 Å². The van der Waals surface area contributed by atoms with Gasteiger partial charge in [0.2, 0.25) is 5.91 Å². The van der Waals surface area contributed by atoms with Crippen LogP contribution in [0.5, 0.6) is 5.75 Å². The van der Waals surface area contributed by atoms with Gasteiger partial charge in [-0.15, -0.1) is 0 Å². The molecule has 0 aliphatic heterocycles. The molecule has 1 amide bonds. The molecule has 0 aliphatic carbocycles. The van der Waals surface area contributed by atoms with Gasteiger partial charge in [-0.05, 0) is 55.5 Å². The average molecular weight is 504 g/mol. The molecule has 0 N–H and O–H groups in total. The van der Waals surface area contributed by atoms with Crippen molar-refractivity contribution in [3.63, 3.8) is 0 Å². The van der Waals surface area contributed by atoms with Crippen molar-refractivity contribution in [1.82, 2.24) is 4.90 Å². The van der Waals surface area contributed by atoms with Crippen LogP contribution >= 0.6 is 0 Å². The van der Waals surface area contributed by atoms with E-state index in [9.17, 15) is 18.0 Å². The van der Waals surface area contributed by atoms with Gasteiger partial charge in [-0.25, -0.2) is 4.79 Å². The first-order valence-corrected chi connectivity index (χ1v) is 13.3. The third-order valence-electron chi connectivity index (χ3n) is 5.21. The Morgan fingerprint density at radius 3 is 2.20 bits per heavy atom. The zero-order valence-electron chi connectivity index (χ0n) is 21.5. The van der Waals surface area contributed by atoms with Gasteiger partial charge in [-0.1, -0.05) is 58.4 Å². The molecule has 0 aromatic heterocycles. The maximum atomic E-state index is 12.9. The summed E-state index contributed by atoms with van der Waals surface area (Å²) in [5, 5.41) is 0. The molecule has 0 unspecified atom stereocenters. The fourth-order valence-corrected chi connectivity index (χ4v) is 4.49. The molecule has 0 saturated heterocycles. The summed E-state index contributed by atoms with van der Waals surface area (Å²) in [5.74, 6) is -0.525. The SMILES string of the molecule is CCCCOC(=O)c1ccccc1S(=O)(=O)Oc1ccc(CN(C(=O)CC(C)(C)C)C(C)C)cc1. The van der Waals surface area contributed by atoms with Crippen LogP contribution in [-0.4, -0.2) is 37.8 Å². The van der Waals surface area contributed by atoms with E-state index in [1.807, 2.05) is 41.5 Å². The van der Waals surface area contributed by atoms with E-state index in [1.165, 1.54) is 18.2 Å². The normalized spacial score (nSPS) is 11.9. The number of hydrogen-bond donors (Lipinski definition) is 0. The minimum atomic E-state index is -4.27. The van der Waals surface area contributed by atoms with Crippen molar-refractivity contribution < 1.29 is 26.9 Å². The highest BCUT2D eigenvalue weighted by atomic mass is 32.2. The minimum absolute atomic E-state index is 0.0229. The molecule has 0 saturated carbocycles. The molecule has 0 atom stereocenters. The number of nitrogens with zero attached hydrogens (tertiary/aromatic N) is 1. The zero-order valence-corrected chi connectivity index (χ0v) is 22.4. The number of unbranched alkanes of at least 4 members (excludes halogenated alkanes) is 1. The third-order valence-corrected chi connectivity index (χ3v) is 6.52. The lowest BCUT2D eigenvalue weighted by atomic mass is 9.91. The molecule has 2 aromatic rings. The first kappa shape index (κ1) is 28.4. The smallest absolute Gasteiger partial charge is 0.340 e. The van der Waals surface area contributed by atoms with Crippen LogP contribution in [0.25, 0.3) is 0 Å². The minimum Gasteiger partial charge on any atom is -0.462 e. The number of amides is 1.